The van der Waals surface area contributed by atoms with E-state index in [9.17, 15) is 9.59 Å². The molecule has 0 aliphatic carbocycles. The average molecular weight is 358 g/mol. The molecule has 1 aliphatic heterocycles. The van der Waals surface area contributed by atoms with Crippen LogP contribution in [0.2, 0.25) is 10.0 Å². The zero-order valence-electron chi connectivity index (χ0n) is 13.2. The van der Waals surface area contributed by atoms with Gasteiger partial charge in [-0.25, -0.2) is 0 Å². The zero-order valence-corrected chi connectivity index (χ0v) is 14.7. The van der Waals surface area contributed by atoms with E-state index < -0.39 is 11.9 Å². The van der Waals surface area contributed by atoms with E-state index in [1.807, 2.05) is 0 Å². The van der Waals surface area contributed by atoms with E-state index in [0.29, 0.717) is 10.9 Å². The van der Waals surface area contributed by atoms with Gasteiger partial charge in [-0.3, -0.25) is 9.59 Å². The standard InChI is InChI=1S/C16H21Cl2N3O2/c1-9-6-7-19-8-13(9)21-15(22)10(2)20-16(23)11-4-3-5-12(17)14(11)18/h3-5,9-10,13,19H,6-8H2,1-2H3,(H,20,23)(H,21,22). The molecule has 1 fully saturated rings. The smallest absolute Gasteiger partial charge is 0.253 e. The van der Waals surface area contributed by atoms with Crippen LogP contribution in [0.25, 0.3) is 0 Å². The maximum absolute atomic E-state index is 12.3. The summed E-state index contributed by atoms with van der Waals surface area (Å²) in [5.74, 6) is -0.225. The topological polar surface area (TPSA) is 70.2 Å². The summed E-state index contributed by atoms with van der Waals surface area (Å²) in [6.45, 7) is 5.47. The molecule has 0 saturated carbocycles. The van der Waals surface area contributed by atoms with Crippen LogP contribution in [0.4, 0.5) is 0 Å². The molecule has 1 saturated heterocycles. The van der Waals surface area contributed by atoms with Gasteiger partial charge in [0.1, 0.15) is 6.04 Å². The molecule has 1 aromatic rings. The molecule has 1 aromatic carbocycles. The van der Waals surface area contributed by atoms with Crippen molar-refractivity contribution >= 4 is 35.0 Å². The molecule has 23 heavy (non-hydrogen) atoms. The molecule has 7 heteroatoms. The third-order valence-corrected chi connectivity index (χ3v) is 4.91. The highest BCUT2D eigenvalue weighted by Crippen LogP contribution is 2.25. The van der Waals surface area contributed by atoms with Crippen molar-refractivity contribution in [3.8, 4) is 0 Å². The fraction of sp³-hybridized carbons (Fsp3) is 0.500. The summed E-state index contributed by atoms with van der Waals surface area (Å²) in [5, 5.41) is 9.37. The first kappa shape index (κ1) is 18.0. The van der Waals surface area contributed by atoms with Crippen molar-refractivity contribution < 1.29 is 9.59 Å². The predicted molar refractivity (Wildman–Crippen MR) is 92.0 cm³/mol. The molecule has 0 aromatic heterocycles. The SMILES string of the molecule is CC(NC(=O)c1cccc(Cl)c1Cl)C(=O)NC1CNCCC1C. The molecule has 126 valence electrons. The van der Waals surface area contributed by atoms with Gasteiger partial charge in [0, 0.05) is 12.6 Å². The first-order valence-corrected chi connectivity index (χ1v) is 8.41. The summed E-state index contributed by atoms with van der Waals surface area (Å²) < 4.78 is 0. The van der Waals surface area contributed by atoms with Crippen molar-refractivity contribution in [2.75, 3.05) is 13.1 Å². The van der Waals surface area contributed by atoms with Crippen LogP contribution in [0.15, 0.2) is 18.2 Å². The van der Waals surface area contributed by atoms with Gasteiger partial charge < -0.3 is 16.0 Å². The summed E-state index contributed by atoms with van der Waals surface area (Å²) in [6, 6.07) is 4.23. The van der Waals surface area contributed by atoms with Gasteiger partial charge in [0.15, 0.2) is 0 Å². The highest BCUT2D eigenvalue weighted by Gasteiger charge is 2.25. The van der Waals surface area contributed by atoms with Gasteiger partial charge in [0.2, 0.25) is 5.91 Å². The Morgan fingerprint density at radius 3 is 2.78 bits per heavy atom. The van der Waals surface area contributed by atoms with Crippen molar-refractivity contribution in [1.29, 1.82) is 0 Å². The average Bonchev–Trinajstić information content (AvgIpc) is 2.52. The van der Waals surface area contributed by atoms with E-state index in [1.54, 1.807) is 25.1 Å². The van der Waals surface area contributed by atoms with Gasteiger partial charge in [-0.15, -0.1) is 0 Å². The first-order valence-electron chi connectivity index (χ1n) is 7.66. The Bertz CT molecular complexity index is 595. The lowest BCUT2D eigenvalue weighted by Gasteiger charge is -2.31. The summed E-state index contributed by atoms with van der Waals surface area (Å²) in [5.41, 5.74) is 0.256. The number of benzene rings is 1. The van der Waals surface area contributed by atoms with Crippen LogP contribution in [0.3, 0.4) is 0 Å². The largest absolute Gasteiger partial charge is 0.350 e. The molecule has 1 heterocycles. The number of nitrogens with one attached hydrogen (secondary N) is 3. The molecule has 2 amide bonds. The second-order valence-corrected chi connectivity index (χ2v) is 6.67. The van der Waals surface area contributed by atoms with Crippen molar-refractivity contribution in [2.24, 2.45) is 5.92 Å². The number of halogens is 2. The monoisotopic (exact) mass is 357 g/mol. The fourth-order valence-corrected chi connectivity index (χ4v) is 2.90. The Labute approximate surface area is 146 Å². The molecule has 0 bridgehead atoms. The number of hydrogen-bond acceptors (Lipinski definition) is 3. The molecule has 0 spiro atoms. The van der Waals surface area contributed by atoms with Crippen LogP contribution in [0, 0.1) is 5.92 Å². The quantitative estimate of drug-likeness (QED) is 0.773. The van der Waals surface area contributed by atoms with Gasteiger partial charge in [0.25, 0.3) is 5.91 Å². The Morgan fingerprint density at radius 2 is 2.09 bits per heavy atom. The highest BCUT2D eigenvalue weighted by molar-refractivity contribution is 6.43. The van der Waals surface area contributed by atoms with Gasteiger partial charge in [-0.1, -0.05) is 36.2 Å². The Morgan fingerprint density at radius 1 is 1.35 bits per heavy atom. The molecule has 2 rings (SSSR count). The summed E-state index contributed by atoms with van der Waals surface area (Å²) in [6.07, 6.45) is 1.02. The molecule has 3 atom stereocenters. The molecule has 5 nitrogen and oxygen atoms in total. The van der Waals surface area contributed by atoms with Crippen LogP contribution in [0.1, 0.15) is 30.6 Å². The minimum atomic E-state index is -0.660. The molecular formula is C16H21Cl2N3O2. The van der Waals surface area contributed by atoms with Crippen LogP contribution < -0.4 is 16.0 Å². The Kier molecular flexibility index (Phi) is 6.27. The van der Waals surface area contributed by atoms with Crippen molar-refractivity contribution in [2.45, 2.75) is 32.4 Å². The third kappa shape index (κ3) is 4.59. The third-order valence-electron chi connectivity index (χ3n) is 4.09. The number of carbonyl (C=O) groups is 2. The summed E-state index contributed by atoms with van der Waals surface area (Å²) >= 11 is 11.9. The van der Waals surface area contributed by atoms with Crippen LogP contribution in [-0.4, -0.2) is 37.0 Å². The first-order chi connectivity index (χ1) is 10.9. The van der Waals surface area contributed by atoms with E-state index >= 15 is 0 Å². The molecule has 1 aliphatic rings. The second-order valence-electron chi connectivity index (χ2n) is 5.88. The number of rotatable bonds is 4. The minimum absolute atomic E-state index is 0.0744. The van der Waals surface area contributed by atoms with Gasteiger partial charge >= 0.3 is 0 Å². The lowest BCUT2D eigenvalue weighted by molar-refractivity contribution is -0.123. The van der Waals surface area contributed by atoms with E-state index in [-0.39, 0.29) is 22.5 Å². The van der Waals surface area contributed by atoms with E-state index in [2.05, 4.69) is 22.9 Å². The summed E-state index contributed by atoms with van der Waals surface area (Å²) in [4.78, 5) is 24.5. The highest BCUT2D eigenvalue weighted by atomic mass is 35.5. The molecular weight excluding hydrogens is 337 g/mol. The predicted octanol–water partition coefficient (Wildman–Crippen LogP) is 2.23. The minimum Gasteiger partial charge on any atom is -0.350 e. The number of carbonyl (C=O) groups excluding carboxylic acids is 2. The number of hydrogen-bond donors (Lipinski definition) is 3. The van der Waals surface area contributed by atoms with Crippen molar-refractivity contribution in [3.05, 3.63) is 33.8 Å². The van der Waals surface area contributed by atoms with Crippen LogP contribution in [-0.2, 0) is 4.79 Å². The van der Waals surface area contributed by atoms with E-state index in [4.69, 9.17) is 23.2 Å². The van der Waals surface area contributed by atoms with Crippen molar-refractivity contribution in [3.63, 3.8) is 0 Å². The lowest BCUT2D eigenvalue weighted by atomic mass is 9.94. The second kappa shape index (κ2) is 7.99. The Balaban J connectivity index is 1.95. The van der Waals surface area contributed by atoms with Gasteiger partial charge in [-0.2, -0.15) is 0 Å². The zero-order chi connectivity index (χ0) is 17.0. The van der Waals surface area contributed by atoms with Crippen LogP contribution in [0.5, 0.6) is 0 Å². The number of amides is 2. The van der Waals surface area contributed by atoms with E-state index in [0.717, 1.165) is 19.5 Å². The van der Waals surface area contributed by atoms with Gasteiger partial charge in [0.05, 0.1) is 15.6 Å². The van der Waals surface area contributed by atoms with Crippen molar-refractivity contribution in [1.82, 2.24) is 16.0 Å². The number of piperidine rings is 1. The maximum atomic E-state index is 12.3. The van der Waals surface area contributed by atoms with Crippen LogP contribution >= 0.6 is 23.2 Å². The normalized spacial score (nSPS) is 22.3. The molecule has 0 radical (unpaired) electrons. The molecule has 3 unspecified atom stereocenters. The fourth-order valence-electron chi connectivity index (χ4n) is 2.51. The maximum Gasteiger partial charge on any atom is 0.253 e. The Hall–Kier alpha value is -1.30. The summed E-state index contributed by atoms with van der Waals surface area (Å²) in [7, 11) is 0. The lowest BCUT2D eigenvalue weighted by Crippen LogP contribution is -2.54. The van der Waals surface area contributed by atoms with E-state index in [1.165, 1.54) is 0 Å². The van der Waals surface area contributed by atoms with Gasteiger partial charge in [-0.05, 0) is 37.9 Å². The molecule has 3 N–H and O–H groups in total.